The molecule has 0 amide bonds. The number of unbranched alkanes of at least 4 members (excludes halogenated alkanes) is 1. The van der Waals surface area contributed by atoms with E-state index in [1.54, 1.807) is 4.57 Å². The van der Waals surface area contributed by atoms with E-state index in [1.165, 1.54) is 4.57 Å². The Bertz CT molecular complexity index is 776. The van der Waals surface area contributed by atoms with Gasteiger partial charge in [0.15, 0.2) is 0 Å². The van der Waals surface area contributed by atoms with Crippen LogP contribution >= 0.6 is 0 Å². The number of fused-ring (bicyclic) bond motifs is 1. The zero-order valence-corrected chi connectivity index (χ0v) is 13.6. The van der Waals surface area contributed by atoms with Gasteiger partial charge in [0.05, 0.1) is 10.9 Å². The highest BCUT2D eigenvalue weighted by atomic mass is 16.2. The lowest BCUT2D eigenvalue weighted by Crippen LogP contribution is -2.47. The van der Waals surface area contributed by atoms with Crippen LogP contribution in [0.5, 0.6) is 0 Å². The van der Waals surface area contributed by atoms with Crippen molar-refractivity contribution in [1.29, 1.82) is 0 Å². The summed E-state index contributed by atoms with van der Waals surface area (Å²) in [4.78, 5) is 25.6. The summed E-state index contributed by atoms with van der Waals surface area (Å²) in [7, 11) is 0. The highest BCUT2D eigenvalue weighted by molar-refractivity contribution is 5.81. The molecule has 4 heteroatoms. The van der Waals surface area contributed by atoms with E-state index in [0.29, 0.717) is 11.9 Å². The van der Waals surface area contributed by atoms with Crippen molar-refractivity contribution in [2.45, 2.75) is 59.5 Å². The molecule has 0 spiro atoms. The van der Waals surface area contributed by atoms with Gasteiger partial charge in [0.1, 0.15) is 0 Å². The van der Waals surface area contributed by atoms with Gasteiger partial charge in [-0.1, -0.05) is 25.5 Å². The van der Waals surface area contributed by atoms with E-state index >= 15 is 0 Å². The summed E-state index contributed by atoms with van der Waals surface area (Å²) in [5.41, 5.74) is 0.821. The van der Waals surface area contributed by atoms with Crippen LogP contribution in [0.4, 0.5) is 0 Å². The van der Waals surface area contributed by atoms with Crippen LogP contribution in [0.25, 0.3) is 10.9 Å². The first-order valence-electron chi connectivity index (χ1n) is 7.54. The summed E-state index contributed by atoms with van der Waals surface area (Å²) in [6.07, 6.45) is 1.93. The predicted molar refractivity (Wildman–Crippen MR) is 87.1 cm³/mol. The number of para-hydroxylation sites is 1. The molecular weight excluding hydrogens is 264 g/mol. The summed E-state index contributed by atoms with van der Waals surface area (Å²) in [6, 6.07) is 5.64. The zero-order chi connectivity index (χ0) is 15.8. The molecule has 2 aromatic rings. The lowest BCUT2D eigenvalue weighted by atomic mass is 10.1. The number of benzene rings is 1. The van der Waals surface area contributed by atoms with Crippen LogP contribution in [-0.2, 0) is 12.1 Å². The Balaban J connectivity index is 2.97. The number of hydrogen-bond acceptors (Lipinski definition) is 2. The highest BCUT2D eigenvalue weighted by Crippen LogP contribution is 2.16. The molecule has 0 atom stereocenters. The Hall–Kier alpha value is -1.84. The van der Waals surface area contributed by atoms with Crippen LogP contribution in [-0.4, -0.2) is 9.13 Å². The standard InChI is InChI=1S/C17H24N2O2/c1-6-7-11-18-14-12(2)9-8-10-13(14)15(20)19(16(18)21)17(3,4)5/h8-10H,6-7,11H2,1-5H3. The summed E-state index contributed by atoms with van der Waals surface area (Å²) >= 11 is 0. The van der Waals surface area contributed by atoms with E-state index in [0.717, 1.165) is 23.9 Å². The highest BCUT2D eigenvalue weighted by Gasteiger charge is 2.22. The molecule has 0 N–H and O–H groups in total. The zero-order valence-electron chi connectivity index (χ0n) is 13.6. The molecule has 0 bridgehead atoms. The Labute approximate surface area is 125 Å². The normalized spacial score (nSPS) is 12.0. The molecule has 0 aliphatic carbocycles. The second-order valence-corrected chi connectivity index (χ2v) is 6.57. The van der Waals surface area contributed by atoms with Crippen molar-refractivity contribution < 1.29 is 0 Å². The van der Waals surface area contributed by atoms with Gasteiger partial charge in [-0.25, -0.2) is 4.79 Å². The van der Waals surface area contributed by atoms with Crippen LogP contribution in [0, 0.1) is 6.92 Å². The van der Waals surface area contributed by atoms with Crippen molar-refractivity contribution in [3.8, 4) is 0 Å². The van der Waals surface area contributed by atoms with Gasteiger partial charge in [0.2, 0.25) is 0 Å². The number of aryl methyl sites for hydroxylation is 2. The smallest absolute Gasteiger partial charge is 0.293 e. The Morgan fingerprint density at radius 3 is 2.38 bits per heavy atom. The Morgan fingerprint density at radius 1 is 1.14 bits per heavy atom. The second-order valence-electron chi connectivity index (χ2n) is 6.57. The minimum Gasteiger partial charge on any atom is -0.293 e. The van der Waals surface area contributed by atoms with Gasteiger partial charge >= 0.3 is 5.69 Å². The van der Waals surface area contributed by atoms with Gasteiger partial charge in [0.25, 0.3) is 5.56 Å². The summed E-state index contributed by atoms with van der Waals surface area (Å²) in [6.45, 7) is 10.4. The van der Waals surface area contributed by atoms with Crippen molar-refractivity contribution in [2.24, 2.45) is 0 Å². The second kappa shape index (κ2) is 5.51. The van der Waals surface area contributed by atoms with E-state index in [-0.39, 0.29) is 11.2 Å². The van der Waals surface area contributed by atoms with Gasteiger partial charge in [-0.05, 0) is 45.7 Å². The lowest BCUT2D eigenvalue weighted by Gasteiger charge is -2.24. The molecule has 1 heterocycles. The SMILES string of the molecule is CCCCn1c(=O)n(C(C)(C)C)c(=O)c2cccc(C)c21. The van der Waals surface area contributed by atoms with Crippen LogP contribution in [0.2, 0.25) is 0 Å². The minimum absolute atomic E-state index is 0.195. The molecule has 114 valence electrons. The first-order valence-corrected chi connectivity index (χ1v) is 7.54. The maximum absolute atomic E-state index is 12.8. The third kappa shape index (κ3) is 2.67. The van der Waals surface area contributed by atoms with Gasteiger partial charge in [0, 0.05) is 12.1 Å². The molecule has 0 radical (unpaired) electrons. The van der Waals surface area contributed by atoms with Crippen LogP contribution < -0.4 is 11.2 Å². The van der Waals surface area contributed by atoms with Crippen LogP contribution in [0.15, 0.2) is 27.8 Å². The first-order chi connectivity index (χ1) is 9.79. The topological polar surface area (TPSA) is 44.0 Å². The summed E-state index contributed by atoms with van der Waals surface area (Å²) in [5, 5.41) is 0.626. The molecule has 21 heavy (non-hydrogen) atoms. The van der Waals surface area contributed by atoms with E-state index in [9.17, 15) is 9.59 Å². The molecule has 0 fully saturated rings. The van der Waals surface area contributed by atoms with Crippen molar-refractivity contribution >= 4 is 10.9 Å². The quantitative estimate of drug-likeness (QED) is 0.871. The van der Waals surface area contributed by atoms with Gasteiger partial charge in [-0.15, -0.1) is 0 Å². The van der Waals surface area contributed by atoms with Crippen molar-refractivity contribution in [1.82, 2.24) is 9.13 Å². The number of aromatic nitrogens is 2. The number of nitrogens with zero attached hydrogens (tertiary/aromatic N) is 2. The number of hydrogen-bond donors (Lipinski definition) is 0. The Kier molecular flexibility index (Phi) is 4.08. The van der Waals surface area contributed by atoms with Crippen molar-refractivity contribution in [2.75, 3.05) is 0 Å². The Morgan fingerprint density at radius 2 is 1.81 bits per heavy atom. The summed E-state index contributed by atoms with van der Waals surface area (Å²) in [5.74, 6) is 0. The fourth-order valence-electron chi connectivity index (χ4n) is 2.73. The van der Waals surface area contributed by atoms with Crippen LogP contribution in [0.1, 0.15) is 46.1 Å². The molecule has 1 aromatic heterocycles. The maximum atomic E-state index is 12.8. The molecule has 0 unspecified atom stereocenters. The number of rotatable bonds is 3. The van der Waals surface area contributed by atoms with Crippen molar-refractivity contribution in [3.05, 3.63) is 44.6 Å². The van der Waals surface area contributed by atoms with E-state index < -0.39 is 5.54 Å². The lowest BCUT2D eigenvalue weighted by molar-refractivity contribution is 0.357. The largest absolute Gasteiger partial charge is 0.331 e. The van der Waals surface area contributed by atoms with Gasteiger partial charge in [-0.2, -0.15) is 0 Å². The molecule has 0 aliphatic heterocycles. The van der Waals surface area contributed by atoms with E-state index in [1.807, 2.05) is 45.9 Å². The minimum atomic E-state index is -0.528. The van der Waals surface area contributed by atoms with Gasteiger partial charge in [-0.3, -0.25) is 13.9 Å². The molecule has 2 rings (SSSR count). The van der Waals surface area contributed by atoms with E-state index in [4.69, 9.17) is 0 Å². The summed E-state index contributed by atoms with van der Waals surface area (Å²) < 4.78 is 3.14. The van der Waals surface area contributed by atoms with Gasteiger partial charge < -0.3 is 0 Å². The third-order valence-electron chi connectivity index (χ3n) is 3.77. The molecular formula is C17H24N2O2. The molecule has 0 aliphatic rings. The fourth-order valence-corrected chi connectivity index (χ4v) is 2.73. The monoisotopic (exact) mass is 288 g/mol. The third-order valence-corrected chi connectivity index (χ3v) is 3.77. The first kappa shape index (κ1) is 15.5. The molecule has 0 saturated heterocycles. The molecule has 1 aromatic carbocycles. The van der Waals surface area contributed by atoms with Crippen molar-refractivity contribution in [3.63, 3.8) is 0 Å². The predicted octanol–water partition coefficient (Wildman–Crippen LogP) is 3.03. The average Bonchev–Trinajstić information content (AvgIpc) is 2.38. The molecule has 4 nitrogen and oxygen atoms in total. The maximum Gasteiger partial charge on any atom is 0.331 e. The van der Waals surface area contributed by atoms with Crippen LogP contribution in [0.3, 0.4) is 0 Å². The van der Waals surface area contributed by atoms with E-state index in [2.05, 4.69) is 6.92 Å². The molecule has 0 saturated carbocycles. The average molecular weight is 288 g/mol. The fraction of sp³-hybridized carbons (Fsp3) is 0.529.